The number of rotatable bonds is 5. The first-order valence-corrected chi connectivity index (χ1v) is 9.00. The van der Waals surface area contributed by atoms with Gasteiger partial charge in [0.1, 0.15) is 11.1 Å². The summed E-state index contributed by atoms with van der Waals surface area (Å²) in [4.78, 5) is 40.4. The zero-order valence-corrected chi connectivity index (χ0v) is 14.7. The molecule has 12 heteroatoms. The number of thioether (sulfide) groups is 2. The minimum atomic E-state index is -1.23. The van der Waals surface area contributed by atoms with Crippen LogP contribution in [0.3, 0.4) is 0 Å². The quantitative estimate of drug-likeness (QED) is 0.433. The Bertz CT molecular complexity index is 851. The molecular formula is C13H14N4O6S2. The van der Waals surface area contributed by atoms with Crippen molar-refractivity contribution >= 4 is 35.4 Å². The van der Waals surface area contributed by atoms with E-state index in [0.29, 0.717) is 4.91 Å². The summed E-state index contributed by atoms with van der Waals surface area (Å²) in [6, 6.07) is 0. The smallest absolute Gasteiger partial charge is 0.353 e. The van der Waals surface area contributed by atoms with Crippen LogP contribution in [0.1, 0.15) is 6.92 Å². The summed E-state index contributed by atoms with van der Waals surface area (Å²) in [5, 5.41) is 31.7. The number of fused-ring (bicyclic) bond motifs is 1. The van der Waals surface area contributed by atoms with Gasteiger partial charge in [0.25, 0.3) is 5.88 Å². The summed E-state index contributed by atoms with van der Waals surface area (Å²) in [5.74, 6) is -2.84. The highest BCUT2D eigenvalue weighted by Crippen LogP contribution is 2.51. The molecule has 25 heavy (non-hydrogen) atoms. The number of hydrogen-bond acceptors (Lipinski definition) is 9. The Labute approximate surface area is 149 Å². The number of amides is 1. The number of carboxylic acids is 1. The molecule has 1 amide bonds. The van der Waals surface area contributed by atoms with Gasteiger partial charge in [-0.25, -0.2) is 9.48 Å². The predicted molar refractivity (Wildman–Crippen MR) is 87.7 cm³/mol. The first-order valence-electron chi connectivity index (χ1n) is 7.13. The van der Waals surface area contributed by atoms with Crippen LogP contribution < -0.4 is 5.56 Å². The van der Waals surface area contributed by atoms with Crippen molar-refractivity contribution in [3.8, 4) is 5.88 Å². The first-order chi connectivity index (χ1) is 11.7. The zero-order chi connectivity index (χ0) is 18.5. The summed E-state index contributed by atoms with van der Waals surface area (Å²) in [6.07, 6.45) is -0.868. The Kier molecular flexibility index (Phi) is 4.51. The normalized spacial score (nSPS) is 23.5. The van der Waals surface area contributed by atoms with E-state index in [1.165, 1.54) is 35.3 Å². The van der Waals surface area contributed by atoms with Crippen LogP contribution in [-0.4, -0.2) is 64.1 Å². The lowest BCUT2D eigenvalue weighted by Crippen LogP contribution is -2.60. The molecule has 2 aliphatic heterocycles. The van der Waals surface area contributed by atoms with Gasteiger partial charge in [0, 0.05) is 17.7 Å². The third kappa shape index (κ3) is 2.89. The summed E-state index contributed by atoms with van der Waals surface area (Å²) in [6.45, 7) is 1.50. The van der Waals surface area contributed by atoms with Crippen molar-refractivity contribution in [1.82, 2.24) is 19.7 Å². The van der Waals surface area contributed by atoms with Crippen LogP contribution in [0.5, 0.6) is 5.88 Å². The van der Waals surface area contributed by atoms with Gasteiger partial charge in [-0.15, -0.1) is 16.9 Å². The largest absolute Gasteiger partial charge is 0.488 e. The standard InChI is InChI=1S/C13H14N4O6S2/c1-4(18)6-10(21)17-7(12(22)23)5(25-11(6)17)3-24-13-14-8(19)9(20)15-16(13)2/h4,6,11,18H,3H2,1-2H3,(H,15,20)(H,22,23)/t4?,6-,11+/m0/s1. The number of aliphatic hydroxyl groups is 1. The molecule has 3 heterocycles. The van der Waals surface area contributed by atoms with E-state index in [9.17, 15) is 29.7 Å². The maximum atomic E-state index is 12.1. The lowest BCUT2D eigenvalue weighted by atomic mass is 9.92. The van der Waals surface area contributed by atoms with Crippen molar-refractivity contribution in [2.45, 2.75) is 23.6 Å². The average molecular weight is 386 g/mol. The molecule has 134 valence electrons. The molecule has 0 saturated carbocycles. The molecule has 1 aromatic heterocycles. The average Bonchev–Trinajstić information content (AvgIpc) is 2.83. The van der Waals surface area contributed by atoms with Crippen LogP contribution >= 0.6 is 23.5 Å². The molecule has 1 saturated heterocycles. The zero-order valence-electron chi connectivity index (χ0n) is 13.1. The summed E-state index contributed by atoms with van der Waals surface area (Å²) in [5.41, 5.74) is -0.985. The Balaban J connectivity index is 1.83. The molecule has 0 aromatic carbocycles. The molecule has 0 spiro atoms. The number of hydrogen-bond donors (Lipinski definition) is 3. The number of nitrogens with zero attached hydrogens (tertiary/aromatic N) is 4. The van der Waals surface area contributed by atoms with Crippen molar-refractivity contribution in [2.75, 3.05) is 5.75 Å². The Morgan fingerprint density at radius 1 is 1.44 bits per heavy atom. The van der Waals surface area contributed by atoms with Crippen molar-refractivity contribution in [1.29, 1.82) is 0 Å². The van der Waals surface area contributed by atoms with Crippen LogP contribution in [0.25, 0.3) is 0 Å². The van der Waals surface area contributed by atoms with Gasteiger partial charge in [-0.05, 0) is 6.92 Å². The number of aliphatic carboxylic acids is 1. The van der Waals surface area contributed by atoms with Gasteiger partial charge in [-0.2, -0.15) is 4.98 Å². The number of aromatic hydroxyl groups is 1. The van der Waals surface area contributed by atoms with Gasteiger partial charge in [0.15, 0.2) is 5.16 Å². The van der Waals surface area contributed by atoms with E-state index in [1.807, 2.05) is 0 Å². The van der Waals surface area contributed by atoms with Crippen molar-refractivity contribution < 1.29 is 24.9 Å². The third-order valence-electron chi connectivity index (χ3n) is 3.82. The molecule has 0 bridgehead atoms. The third-order valence-corrected chi connectivity index (χ3v) is 6.41. The molecule has 3 N–H and O–H groups in total. The van der Waals surface area contributed by atoms with E-state index >= 15 is 0 Å². The lowest BCUT2D eigenvalue weighted by Gasteiger charge is -2.43. The molecule has 1 aromatic rings. The first kappa shape index (κ1) is 17.8. The Morgan fingerprint density at radius 2 is 2.12 bits per heavy atom. The Morgan fingerprint density at radius 3 is 2.72 bits per heavy atom. The van der Waals surface area contributed by atoms with Crippen molar-refractivity contribution in [3.05, 3.63) is 21.0 Å². The van der Waals surface area contributed by atoms with Crippen molar-refractivity contribution in [2.24, 2.45) is 13.0 Å². The number of carbonyl (C=O) groups excluding carboxylic acids is 1. The van der Waals surface area contributed by atoms with E-state index < -0.39 is 40.7 Å². The highest BCUT2D eigenvalue weighted by atomic mass is 32.2. The predicted octanol–water partition coefficient (Wildman–Crippen LogP) is -0.819. The summed E-state index contributed by atoms with van der Waals surface area (Å²) < 4.78 is 1.21. The fraction of sp³-hybridized carbons (Fsp3) is 0.462. The maximum absolute atomic E-state index is 12.1. The molecular weight excluding hydrogens is 372 g/mol. The van der Waals surface area contributed by atoms with Gasteiger partial charge in [0.05, 0.1) is 12.0 Å². The topological polar surface area (TPSA) is 146 Å². The second kappa shape index (κ2) is 6.35. The lowest BCUT2D eigenvalue weighted by molar-refractivity contribution is -0.156. The fourth-order valence-electron chi connectivity index (χ4n) is 2.65. The second-order valence-electron chi connectivity index (χ2n) is 5.50. The maximum Gasteiger partial charge on any atom is 0.353 e. The van der Waals surface area contributed by atoms with Gasteiger partial charge in [-0.3, -0.25) is 14.5 Å². The number of β-lactam (4-membered cyclic amide) rings is 1. The molecule has 2 aliphatic rings. The van der Waals surface area contributed by atoms with Crippen LogP contribution in [0, 0.1) is 5.92 Å². The van der Waals surface area contributed by atoms with Crippen LogP contribution in [0.2, 0.25) is 0 Å². The minimum Gasteiger partial charge on any atom is -0.488 e. The van der Waals surface area contributed by atoms with E-state index in [-0.39, 0.29) is 16.6 Å². The highest BCUT2D eigenvalue weighted by molar-refractivity contribution is 8.06. The van der Waals surface area contributed by atoms with E-state index in [4.69, 9.17) is 0 Å². The van der Waals surface area contributed by atoms with E-state index in [1.54, 1.807) is 0 Å². The van der Waals surface area contributed by atoms with Gasteiger partial charge < -0.3 is 15.3 Å². The summed E-state index contributed by atoms with van der Waals surface area (Å²) >= 11 is 2.27. The van der Waals surface area contributed by atoms with Crippen LogP contribution in [0.15, 0.2) is 20.6 Å². The molecule has 3 atom stereocenters. The molecule has 0 aliphatic carbocycles. The highest BCUT2D eigenvalue weighted by Gasteiger charge is 2.57. The van der Waals surface area contributed by atoms with Crippen molar-refractivity contribution in [3.63, 3.8) is 0 Å². The molecule has 0 radical (unpaired) electrons. The SMILES string of the molecule is CC(O)[C@H]1C(=O)N2C(C(=O)O)=C(CSc3nc(=O)c(O)nn3C)S[C@H]12. The van der Waals surface area contributed by atoms with Gasteiger partial charge >= 0.3 is 11.5 Å². The molecule has 1 fully saturated rings. The number of aromatic nitrogens is 3. The number of carboxylic acid groups (broad SMARTS) is 1. The van der Waals surface area contributed by atoms with Crippen LogP contribution in [-0.2, 0) is 16.6 Å². The minimum absolute atomic E-state index is 0.110. The fourth-order valence-corrected chi connectivity index (χ4v) is 5.26. The van der Waals surface area contributed by atoms with E-state index in [2.05, 4.69) is 10.1 Å². The van der Waals surface area contributed by atoms with E-state index in [0.717, 1.165) is 11.8 Å². The van der Waals surface area contributed by atoms with Gasteiger partial charge in [-0.1, -0.05) is 11.8 Å². The van der Waals surface area contributed by atoms with Crippen LogP contribution in [0.4, 0.5) is 0 Å². The second-order valence-corrected chi connectivity index (χ2v) is 7.65. The molecule has 10 nitrogen and oxygen atoms in total. The van der Waals surface area contributed by atoms with Gasteiger partial charge in [0.2, 0.25) is 5.91 Å². The molecule has 3 rings (SSSR count). The monoisotopic (exact) mass is 386 g/mol. The Hall–Kier alpha value is -2.05. The number of aryl methyl sites for hydroxylation is 1. The molecule has 1 unspecified atom stereocenters. The number of aliphatic hydroxyl groups excluding tert-OH is 1. The number of carbonyl (C=O) groups is 2. The summed E-state index contributed by atoms with van der Waals surface area (Å²) in [7, 11) is 1.49.